The molecule has 4 N–H and O–H groups in total. The molecule has 0 bridgehead atoms. The number of nitrogens with two attached hydrogens (primary N) is 1. The van der Waals surface area contributed by atoms with Gasteiger partial charge in [0.15, 0.2) is 0 Å². The SMILES string of the molecule is CCCCNC(=O)C(c1ccc(CC)cc1)N(CCCC)C(=O)C(CCC(N)=O)NC(=O)OC(C)(C)C. The quantitative estimate of drug-likeness (QED) is 0.302. The number of hydrogen-bond acceptors (Lipinski definition) is 5. The van der Waals surface area contributed by atoms with Gasteiger partial charge in [-0.25, -0.2) is 4.79 Å². The van der Waals surface area contributed by atoms with Crippen LogP contribution in [0.5, 0.6) is 0 Å². The van der Waals surface area contributed by atoms with Gasteiger partial charge in [0.2, 0.25) is 17.7 Å². The largest absolute Gasteiger partial charge is 0.444 e. The molecule has 0 aromatic heterocycles. The molecule has 0 spiro atoms. The summed E-state index contributed by atoms with van der Waals surface area (Å²) in [5.41, 5.74) is 6.38. The first-order valence-corrected chi connectivity index (χ1v) is 13.4. The smallest absolute Gasteiger partial charge is 0.408 e. The Hall–Kier alpha value is -3.10. The van der Waals surface area contributed by atoms with Gasteiger partial charge in [0, 0.05) is 19.5 Å². The average molecular weight is 519 g/mol. The second-order valence-electron chi connectivity index (χ2n) is 10.2. The van der Waals surface area contributed by atoms with Crippen LogP contribution in [0.1, 0.15) is 97.2 Å². The van der Waals surface area contributed by atoms with E-state index in [2.05, 4.69) is 10.6 Å². The lowest BCUT2D eigenvalue weighted by Gasteiger charge is -2.34. The van der Waals surface area contributed by atoms with E-state index in [1.54, 1.807) is 20.8 Å². The molecule has 4 amide bonds. The van der Waals surface area contributed by atoms with Crippen molar-refractivity contribution in [2.45, 2.75) is 104 Å². The maximum absolute atomic E-state index is 14.0. The number of alkyl carbamates (subject to hydrolysis) is 1. The number of ether oxygens (including phenoxy) is 1. The Morgan fingerprint density at radius 3 is 2.14 bits per heavy atom. The number of hydrogen-bond donors (Lipinski definition) is 3. The molecular formula is C28H46N4O5. The van der Waals surface area contributed by atoms with Crippen molar-refractivity contribution >= 4 is 23.8 Å². The van der Waals surface area contributed by atoms with E-state index in [1.807, 2.05) is 45.0 Å². The Kier molecular flexibility index (Phi) is 13.7. The summed E-state index contributed by atoms with van der Waals surface area (Å²) in [6.07, 6.45) is 3.16. The zero-order chi connectivity index (χ0) is 28.0. The molecule has 9 nitrogen and oxygen atoms in total. The number of rotatable bonds is 15. The van der Waals surface area contributed by atoms with Gasteiger partial charge in [-0.3, -0.25) is 14.4 Å². The van der Waals surface area contributed by atoms with E-state index in [9.17, 15) is 19.2 Å². The molecule has 1 aromatic rings. The van der Waals surface area contributed by atoms with E-state index in [0.29, 0.717) is 25.1 Å². The first-order chi connectivity index (χ1) is 17.4. The fraction of sp³-hybridized carbons (Fsp3) is 0.643. The average Bonchev–Trinajstić information content (AvgIpc) is 2.83. The standard InChI is InChI=1S/C28H46N4O5/c1-7-10-18-30-25(34)24(21-14-12-20(9-3)13-15-21)32(19-11-8-2)26(35)22(16-17-23(29)33)31-27(36)37-28(4,5)6/h12-15,22,24H,7-11,16-19H2,1-6H3,(H2,29,33)(H,30,34)(H,31,36). The molecule has 37 heavy (non-hydrogen) atoms. The van der Waals surface area contributed by atoms with E-state index in [-0.39, 0.29) is 18.7 Å². The van der Waals surface area contributed by atoms with E-state index < -0.39 is 35.6 Å². The van der Waals surface area contributed by atoms with Gasteiger partial charge in [0.25, 0.3) is 0 Å². The molecule has 0 aliphatic heterocycles. The fourth-order valence-electron chi connectivity index (χ4n) is 3.78. The van der Waals surface area contributed by atoms with Gasteiger partial charge < -0.3 is 26.0 Å². The predicted octanol–water partition coefficient (Wildman–Crippen LogP) is 3.99. The zero-order valence-electron chi connectivity index (χ0n) is 23.4. The third-order valence-electron chi connectivity index (χ3n) is 5.80. The van der Waals surface area contributed by atoms with Gasteiger partial charge in [0.05, 0.1) is 0 Å². The van der Waals surface area contributed by atoms with Crippen molar-refractivity contribution in [2.24, 2.45) is 5.73 Å². The zero-order valence-corrected chi connectivity index (χ0v) is 23.4. The molecule has 0 aliphatic rings. The summed E-state index contributed by atoms with van der Waals surface area (Å²) in [6.45, 7) is 12.0. The first kappa shape index (κ1) is 31.9. The van der Waals surface area contributed by atoms with Crippen molar-refractivity contribution < 1.29 is 23.9 Å². The lowest BCUT2D eigenvalue weighted by Crippen LogP contribution is -2.53. The second-order valence-corrected chi connectivity index (χ2v) is 10.2. The van der Waals surface area contributed by atoms with Crippen molar-refractivity contribution in [3.63, 3.8) is 0 Å². The Balaban J connectivity index is 3.44. The summed E-state index contributed by atoms with van der Waals surface area (Å²) in [6, 6.07) is 5.67. The monoisotopic (exact) mass is 518 g/mol. The minimum atomic E-state index is -1.08. The molecule has 0 fully saturated rings. The minimum Gasteiger partial charge on any atom is -0.444 e. The van der Waals surface area contributed by atoms with Crippen LogP contribution in [0.4, 0.5) is 4.79 Å². The normalized spacial score (nSPS) is 12.8. The molecule has 1 aromatic carbocycles. The lowest BCUT2D eigenvalue weighted by atomic mass is 9.99. The molecule has 0 saturated heterocycles. The number of benzene rings is 1. The summed E-state index contributed by atoms with van der Waals surface area (Å²) >= 11 is 0. The number of amides is 4. The van der Waals surface area contributed by atoms with Crippen molar-refractivity contribution in [3.05, 3.63) is 35.4 Å². The number of aryl methyl sites for hydroxylation is 1. The Labute approximate surface area is 221 Å². The number of nitrogens with one attached hydrogen (secondary N) is 2. The molecule has 2 atom stereocenters. The minimum absolute atomic E-state index is 0.00498. The summed E-state index contributed by atoms with van der Waals surface area (Å²) in [5, 5.41) is 5.57. The molecule has 208 valence electrons. The van der Waals surface area contributed by atoms with Gasteiger partial charge >= 0.3 is 6.09 Å². The van der Waals surface area contributed by atoms with Crippen LogP contribution in [0.2, 0.25) is 0 Å². The number of primary amides is 1. The third kappa shape index (κ3) is 11.7. The topological polar surface area (TPSA) is 131 Å². The predicted molar refractivity (Wildman–Crippen MR) is 145 cm³/mol. The highest BCUT2D eigenvalue weighted by atomic mass is 16.6. The van der Waals surface area contributed by atoms with Crippen molar-refractivity contribution in [1.29, 1.82) is 0 Å². The maximum Gasteiger partial charge on any atom is 0.408 e. The molecule has 0 heterocycles. The molecule has 9 heteroatoms. The van der Waals surface area contributed by atoms with Gasteiger partial charge in [0.1, 0.15) is 17.7 Å². The molecule has 0 aliphatic carbocycles. The summed E-state index contributed by atoms with van der Waals surface area (Å²) in [7, 11) is 0. The fourth-order valence-corrected chi connectivity index (χ4v) is 3.78. The van der Waals surface area contributed by atoms with E-state index >= 15 is 0 Å². The Morgan fingerprint density at radius 2 is 1.62 bits per heavy atom. The third-order valence-corrected chi connectivity index (χ3v) is 5.80. The molecule has 1 rings (SSSR count). The Bertz CT molecular complexity index is 880. The van der Waals surface area contributed by atoms with E-state index in [1.165, 1.54) is 4.90 Å². The van der Waals surface area contributed by atoms with Gasteiger partial charge in [-0.1, -0.05) is 57.9 Å². The summed E-state index contributed by atoms with van der Waals surface area (Å²) < 4.78 is 5.35. The lowest BCUT2D eigenvalue weighted by molar-refractivity contribution is -0.142. The van der Waals surface area contributed by atoms with E-state index in [4.69, 9.17) is 10.5 Å². The van der Waals surface area contributed by atoms with Crippen molar-refractivity contribution in [1.82, 2.24) is 15.5 Å². The second kappa shape index (κ2) is 15.9. The van der Waals surface area contributed by atoms with Gasteiger partial charge in [-0.05, 0) is 57.6 Å². The van der Waals surface area contributed by atoms with Crippen LogP contribution in [0.15, 0.2) is 24.3 Å². The summed E-state index contributed by atoms with van der Waals surface area (Å²) in [4.78, 5) is 53.1. The highest BCUT2D eigenvalue weighted by Crippen LogP contribution is 2.25. The van der Waals surface area contributed by atoms with Crippen molar-refractivity contribution in [3.8, 4) is 0 Å². The maximum atomic E-state index is 14.0. The van der Waals surface area contributed by atoms with Crippen LogP contribution in [-0.4, -0.2) is 53.4 Å². The number of carbonyl (C=O) groups excluding carboxylic acids is 4. The van der Waals surface area contributed by atoms with Crippen LogP contribution < -0.4 is 16.4 Å². The highest BCUT2D eigenvalue weighted by Gasteiger charge is 2.36. The molecule has 0 saturated carbocycles. The van der Waals surface area contributed by atoms with Crippen LogP contribution in [-0.2, 0) is 25.5 Å². The highest BCUT2D eigenvalue weighted by molar-refractivity contribution is 5.92. The van der Waals surface area contributed by atoms with Crippen LogP contribution >= 0.6 is 0 Å². The Morgan fingerprint density at radius 1 is 1.00 bits per heavy atom. The number of nitrogens with zero attached hydrogens (tertiary/aromatic N) is 1. The van der Waals surface area contributed by atoms with E-state index in [0.717, 1.165) is 31.2 Å². The summed E-state index contributed by atoms with van der Waals surface area (Å²) in [5.74, 6) is -1.34. The first-order valence-electron chi connectivity index (χ1n) is 13.4. The molecular weight excluding hydrogens is 472 g/mol. The molecule has 0 radical (unpaired) electrons. The van der Waals surface area contributed by atoms with Crippen LogP contribution in [0.3, 0.4) is 0 Å². The van der Waals surface area contributed by atoms with Crippen LogP contribution in [0, 0.1) is 0 Å². The van der Waals surface area contributed by atoms with Gasteiger partial charge in [-0.15, -0.1) is 0 Å². The van der Waals surface area contributed by atoms with Crippen LogP contribution in [0.25, 0.3) is 0 Å². The number of unbranched alkanes of at least 4 members (excludes halogenated alkanes) is 2. The molecule has 2 unspecified atom stereocenters. The van der Waals surface area contributed by atoms with Crippen molar-refractivity contribution in [2.75, 3.05) is 13.1 Å². The van der Waals surface area contributed by atoms with Gasteiger partial charge in [-0.2, -0.15) is 0 Å². The number of carbonyl (C=O) groups is 4.